The van der Waals surface area contributed by atoms with Crippen molar-refractivity contribution in [1.29, 1.82) is 0 Å². The molecule has 0 unspecified atom stereocenters. The molecular weight excluding hydrogens is 302 g/mol. The lowest BCUT2D eigenvalue weighted by molar-refractivity contribution is -0.686. The number of fused-ring (bicyclic) bond motifs is 4. The van der Waals surface area contributed by atoms with Gasteiger partial charge in [0.05, 0.1) is 21.3 Å². The molecule has 0 radical (unpaired) electrons. The molecule has 4 rings (SSSR count). The summed E-state index contributed by atoms with van der Waals surface area (Å²) in [4.78, 5) is 0. The van der Waals surface area contributed by atoms with Crippen LogP contribution in [0.3, 0.4) is 0 Å². The molecule has 24 heavy (non-hydrogen) atoms. The van der Waals surface area contributed by atoms with Crippen LogP contribution < -0.4 is 18.8 Å². The minimum atomic E-state index is 0.751. The first-order chi connectivity index (χ1) is 11.7. The van der Waals surface area contributed by atoms with E-state index in [0.29, 0.717) is 0 Å². The van der Waals surface area contributed by atoms with Crippen LogP contribution in [0.15, 0.2) is 42.6 Å². The van der Waals surface area contributed by atoms with E-state index in [-0.39, 0.29) is 0 Å². The van der Waals surface area contributed by atoms with Gasteiger partial charge in [0.1, 0.15) is 5.75 Å². The van der Waals surface area contributed by atoms with Crippen molar-refractivity contribution in [3.63, 3.8) is 0 Å². The van der Waals surface area contributed by atoms with Crippen molar-refractivity contribution >= 4 is 10.8 Å². The third-order valence-electron chi connectivity index (χ3n) is 4.70. The Morgan fingerprint density at radius 3 is 2.29 bits per heavy atom. The molecule has 4 nitrogen and oxygen atoms in total. The SMILES string of the molecule is COc1ccc2c(c1)CC[n+]1cc3cc(OC)c(OC)cc3cc1-2. The number of nitrogens with zero attached hydrogens (tertiary/aromatic N) is 1. The largest absolute Gasteiger partial charge is 0.497 e. The van der Waals surface area contributed by atoms with Crippen LogP contribution in [0.5, 0.6) is 17.2 Å². The number of hydrogen-bond acceptors (Lipinski definition) is 3. The summed E-state index contributed by atoms with van der Waals surface area (Å²) >= 11 is 0. The second-order valence-corrected chi connectivity index (χ2v) is 5.96. The molecule has 2 heterocycles. The fourth-order valence-corrected chi connectivity index (χ4v) is 3.43. The number of aromatic nitrogens is 1. The quantitative estimate of drug-likeness (QED) is 0.693. The molecule has 0 amide bonds. The monoisotopic (exact) mass is 322 g/mol. The van der Waals surface area contributed by atoms with Gasteiger partial charge in [-0.1, -0.05) is 0 Å². The van der Waals surface area contributed by atoms with E-state index in [1.54, 1.807) is 21.3 Å². The third-order valence-corrected chi connectivity index (χ3v) is 4.70. The zero-order valence-electron chi connectivity index (χ0n) is 14.1. The van der Waals surface area contributed by atoms with Crippen LogP contribution in [-0.2, 0) is 13.0 Å². The van der Waals surface area contributed by atoms with Gasteiger partial charge in [0.15, 0.2) is 24.2 Å². The number of methoxy groups -OCH3 is 3. The summed E-state index contributed by atoms with van der Waals surface area (Å²) in [5.74, 6) is 2.42. The summed E-state index contributed by atoms with van der Waals surface area (Å²) in [5.41, 5.74) is 3.81. The highest BCUT2D eigenvalue weighted by Gasteiger charge is 2.24. The molecule has 122 valence electrons. The highest BCUT2D eigenvalue weighted by Crippen LogP contribution is 2.35. The van der Waals surface area contributed by atoms with Gasteiger partial charge in [0.25, 0.3) is 0 Å². The van der Waals surface area contributed by atoms with Crippen LogP contribution in [0.25, 0.3) is 22.0 Å². The Morgan fingerprint density at radius 1 is 0.833 bits per heavy atom. The van der Waals surface area contributed by atoms with E-state index < -0.39 is 0 Å². The molecule has 0 atom stereocenters. The lowest BCUT2D eigenvalue weighted by atomic mass is 9.95. The van der Waals surface area contributed by atoms with E-state index in [1.807, 2.05) is 18.2 Å². The first-order valence-electron chi connectivity index (χ1n) is 8.00. The molecule has 1 aromatic heterocycles. The Bertz CT molecular complexity index is 934. The Morgan fingerprint density at radius 2 is 1.58 bits per heavy atom. The smallest absolute Gasteiger partial charge is 0.213 e. The molecule has 0 aliphatic carbocycles. The van der Waals surface area contributed by atoms with Gasteiger partial charge in [-0.3, -0.25) is 0 Å². The van der Waals surface area contributed by atoms with Gasteiger partial charge in [-0.05, 0) is 41.3 Å². The molecule has 0 spiro atoms. The molecule has 0 saturated carbocycles. The number of aryl methyl sites for hydroxylation is 2. The summed E-state index contributed by atoms with van der Waals surface area (Å²) < 4.78 is 18.5. The third kappa shape index (κ3) is 2.26. The van der Waals surface area contributed by atoms with Gasteiger partial charge in [0.2, 0.25) is 5.69 Å². The maximum Gasteiger partial charge on any atom is 0.213 e. The minimum absolute atomic E-state index is 0.751. The number of benzene rings is 2. The Balaban J connectivity index is 1.92. The zero-order chi connectivity index (χ0) is 16.7. The molecule has 0 bridgehead atoms. The maximum atomic E-state index is 5.44. The van der Waals surface area contributed by atoms with Crippen LogP contribution in [-0.4, -0.2) is 21.3 Å². The van der Waals surface area contributed by atoms with E-state index in [0.717, 1.165) is 41.0 Å². The van der Waals surface area contributed by atoms with Gasteiger partial charge >= 0.3 is 0 Å². The predicted octanol–water partition coefficient (Wildman–Crippen LogP) is 3.38. The average molecular weight is 322 g/mol. The van der Waals surface area contributed by atoms with E-state index in [9.17, 15) is 0 Å². The van der Waals surface area contributed by atoms with Crippen LogP contribution in [0, 0.1) is 0 Å². The molecule has 1 aliphatic heterocycles. The fraction of sp³-hybridized carbons (Fsp3) is 0.250. The zero-order valence-corrected chi connectivity index (χ0v) is 14.1. The molecular formula is C20H20NO3+. The lowest BCUT2D eigenvalue weighted by Gasteiger charge is -2.17. The summed E-state index contributed by atoms with van der Waals surface area (Å²) in [5, 5.41) is 2.29. The van der Waals surface area contributed by atoms with Crippen molar-refractivity contribution in [1.82, 2.24) is 0 Å². The standard InChI is InChI=1S/C20H20NO3/c1-22-16-4-5-17-13(8-16)6-7-21-12-15-11-20(24-3)19(23-2)10-14(15)9-18(17)21/h4-5,8-12H,6-7H2,1-3H3/q+1. The van der Waals surface area contributed by atoms with E-state index in [1.165, 1.54) is 16.8 Å². The molecule has 0 fully saturated rings. The van der Waals surface area contributed by atoms with E-state index in [4.69, 9.17) is 14.2 Å². The van der Waals surface area contributed by atoms with E-state index in [2.05, 4.69) is 29.0 Å². The van der Waals surface area contributed by atoms with Gasteiger partial charge in [0, 0.05) is 23.4 Å². The summed E-state index contributed by atoms with van der Waals surface area (Å²) in [6, 6.07) is 12.6. The number of ether oxygens (including phenoxy) is 3. The first-order valence-corrected chi connectivity index (χ1v) is 8.00. The van der Waals surface area contributed by atoms with Crippen LogP contribution in [0.1, 0.15) is 5.56 Å². The molecule has 4 heteroatoms. The van der Waals surface area contributed by atoms with Crippen molar-refractivity contribution < 1.29 is 18.8 Å². The Hall–Kier alpha value is -2.75. The van der Waals surface area contributed by atoms with Crippen LogP contribution in [0.2, 0.25) is 0 Å². The molecule has 2 aromatic carbocycles. The first kappa shape index (κ1) is 14.8. The Labute approximate surface area is 141 Å². The van der Waals surface area contributed by atoms with Crippen molar-refractivity contribution in [2.24, 2.45) is 0 Å². The second kappa shape index (κ2) is 5.71. The topological polar surface area (TPSA) is 31.6 Å². The predicted molar refractivity (Wildman–Crippen MR) is 92.9 cm³/mol. The van der Waals surface area contributed by atoms with Crippen molar-refractivity contribution in [2.45, 2.75) is 13.0 Å². The number of rotatable bonds is 3. The summed E-state index contributed by atoms with van der Waals surface area (Å²) in [6.45, 7) is 0.958. The highest BCUT2D eigenvalue weighted by molar-refractivity contribution is 5.87. The van der Waals surface area contributed by atoms with Gasteiger partial charge < -0.3 is 14.2 Å². The molecule has 0 N–H and O–H groups in total. The van der Waals surface area contributed by atoms with Gasteiger partial charge in [-0.15, -0.1) is 0 Å². The van der Waals surface area contributed by atoms with Crippen molar-refractivity contribution in [2.75, 3.05) is 21.3 Å². The van der Waals surface area contributed by atoms with Gasteiger partial charge in [-0.25, -0.2) is 0 Å². The highest BCUT2D eigenvalue weighted by atomic mass is 16.5. The second-order valence-electron chi connectivity index (χ2n) is 5.96. The maximum absolute atomic E-state index is 5.44. The summed E-state index contributed by atoms with van der Waals surface area (Å²) in [7, 11) is 5.04. The summed E-state index contributed by atoms with van der Waals surface area (Å²) in [6.07, 6.45) is 3.20. The lowest BCUT2D eigenvalue weighted by Crippen LogP contribution is -2.39. The Kier molecular flexibility index (Phi) is 3.53. The van der Waals surface area contributed by atoms with Crippen LogP contribution >= 0.6 is 0 Å². The molecule has 0 saturated heterocycles. The van der Waals surface area contributed by atoms with Crippen LogP contribution in [0.4, 0.5) is 0 Å². The van der Waals surface area contributed by atoms with Gasteiger partial charge in [-0.2, -0.15) is 4.57 Å². The van der Waals surface area contributed by atoms with Crippen molar-refractivity contribution in [3.05, 3.63) is 48.2 Å². The van der Waals surface area contributed by atoms with E-state index >= 15 is 0 Å². The minimum Gasteiger partial charge on any atom is -0.497 e. The van der Waals surface area contributed by atoms with Crippen molar-refractivity contribution in [3.8, 4) is 28.5 Å². The fourth-order valence-electron chi connectivity index (χ4n) is 3.43. The molecule has 1 aliphatic rings. The number of hydrogen-bond donors (Lipinski definition) is 0. The average Bonchev–Trinajstić information content (AvgIpc) is 2.64. The molecule has 3 aromatic rings. The number of pyridine rings is 1. The normalized spacial score (nSPS) is 12.5.